The molecule has 1 aromatic heterocycles. The zero-order valence-corrected chi connectivity index (χ0v) is 11.1. The fourth-order valence-corrected chi connectivity index (χ4v) is 2.54. The molecule has 0 fully saturated rings. The first-order valence-corrected chi connectivity index (χ1v) is 7.10. The van der Waals surface area contributed by atoms with Crippen molar-refractivity contribution in [1.82, 2.24) is 4.98 Å². The fraction of sp³-hybridized carbons (Fsp3) is 0.182. The van der Waals surface area contributed by atoms with E-state index in [4.69, 9.17) is 21.5 Å². The van der Waals surface area contributed by atoms with Gasteiger partial charge < -0.3 is 4.74 Å². The van der Waals surface area contributed by atoms with E-state index in [2.05, 4.69) is 4.98 Å². The molecule has 7 heteroatoms. The average Bonchev–Trinajstić information content (AvgIpc) is 2.28. The van der Waals surface area contributed by atoms with Crippen molar-refractivity contribution >= 4 is 32.5 Å². The number of benzene rings is 1. The first kappa shape index (κ1) is 13.1. The number of aromatic nitrogens is 1. The van der Waals surface area contributed by atoms with Crippen LogP contribution >= 0.6 is 11.6 Å². The Morgan fingerprint density at radius 1 is 1.33 bits per heavy atom. The number of hydrogen-bond donors (Lipinski definition) is 1. The van der Waals surface area contributed by atoms with Crippen LogP contribution < -0.4 is 9.88 Å². The maximum absolute atomic E-state index is 11.5. The molecule has 2 rings (SSSR count). The molecule has 0 aliphatic heterocycles. The van der Waals surface area contributed by atoms with Gasteiger partial charge >= 0.3 is 0 Å². The van der Waals surface area contributed by atoms with E-state index in [1.54, 1.807) is 6.07 Å². The molecule has 0 radical (unpaired) electrons. The lowest BCUT2D eigenvalue weighted by molar-refractivity contribution is 0.343. The van der Waals surface area contributed by atoms with Crippen molar-refractivity contribution in [3.05, 3.63) is 29.4 Å². The Hall–Kier alpha value is -1.37. The van der Waals surface area contributed by atoms with Gasteiger partial charge in [-0.2, -0.15) is 0 Å². The van der Waals surface area contributed by atoms with Gasteiger partial charge in [-0.1, -0.05) is 11.6 Å². The third-order valence-electron chi connectivity index (χ3n) is 2.35. The van der Waals surface area contributed by atoms with Crippen molar-refractivity contribution in [2.24, 2.45) is 5.14 Å². The maximum Gasteiger partial charge on any atom is 0.238 e. The van der Waals surface area contributed by atoms with E-state index in [1.807, 2.05) is 6.92 Å². The Morgan fingerprint density at radius 3 is 2.67 bits per heavy atom. The highest BCUT2D eigenvalue weighted by Gasteiger charge is 2.16. The smallest absolute Gasteiger partial charge is 0.238 e. The van der Waals surface area contributed by atoms with E-state index in [9.17, 15) is 8.42 Å². The monoisotopic (exact) mass is 286 g/mol. The summed E-state index contributed by atoms with van der Waals surface area (Å²) in [6.07, 6.45) is 0. The third-order valence-corrected chi connectivity index (χ3v) is 3.53. The number of fused-ring (bicyclic) bond motifs is 1. The number of pyridine rings is 1. The number of rotatable bonds is 3. The van der Waals surface area contributed by atoms with Gasteiger partial charge in [0.25, 0.3) is 0 Å². The van der Waals surface area contributed by atoms with Crippen molar-refractivity contribution in [3.8, 4) is 5.75 Å². The van der Waals surface area contributed by atoms with Crippen LogP contribution in [0.15, 0.2) is 29.2 Å². The zero-order valence-electron chi connectivity index (χ0n) is 9.55. The average molecular weight is 287 g/mol. The minimum Gasteiger partial charge on any atom is -0.492 e. The van der Waals surface area contributed by atoms with Gasteiger partial charge in [0.15, 0.2) is 0 Å². The van der Waals surface area contributed by atoms with Crippen LogP contribution in [-0.2, 0) is 10.0 Å². The second-order valence-electron chi connectivity index (χ2n) is 3.57. The zero-order chi connectivity index (χ0) is 13.3. The summed E-state index contributed by atoms with van der Waals surface area (Å²) in [6, 6.07) is 5.99. The van der Waals surface area contributed by atoms with Gasteiger partial charge in [-0.15, -0.1) is 0 Å². The molecule has 0 unspecified atom stereocenters. The Balaban J connectivity index is 2.84. The number of halogens is 1. The van der Waals surface area contributed by atoms with Crippen molar-refractivity contribution < 1.29 is 13.2 Å². The number of primary sulfonamides is 1. The molecule has 0 aliphatic rings. The molecule has 0 spiro atoms. The van der Waals surface area contributed by atoms with E-state index in [0.717, 1.165) is 0 Å². The SMILES string of the molecule is CCOc1ccc(S(N)(=O)=O)c2ccc(Cl)nc12. The largest absolute Gasteiger partial charge is 0.492 e. The van der Waals surface area contributed by atoms with Crippen molar-refractivity contribution in [2.45, 2.75) is 11.8 Å². The number of sulfonamides is 1. The maximum atomic E-state index is 11.5. The van der Waals surface area contributed by atoms with Crippen LogP contribution in [0.2, 0.25) is 5.15 Å². The van der Waals surface area contributed by atoms with Gasteiger partial charge in [-0.3, -0.25) is 0 Å². The lowest BCUT2D eigenvalue weighted by atomic mass is 10.2. The van der Waals surface area contributed by atoms with Gasteiger partial charge in [-0.25, -0.2) is 18.5 Å². The predicted molar refractivity (Wildman–Crippen MR) is 69.3 cm³/mol. The Labute approximate surface area is 110 Å². The Bertz CT molecular complexity index is 701. The summed E-state index contributed by atoms with van der Waals surface area (Å²) in [5, 5.41) is 5.81. The minimum atomic E-state index is -3.81. The molecular formula is C11H11ClN2O3S. The molecule has 0 atom stereocenters. The molecule has 1 aromatic carbocycles. The molecular weight excluding hydrogens is 276 g/mol. The summed E-state index contributed by atoms with van der Waals surface area (Å²) in [4.78, 5) is 4.09. The lowest BCUT2D eigenvalue weighted by Gasteiger charge is -2.09. The second-order valence-corrected chi connectivity index (χ2v) is 5.49. The van der Waals surface area contributed by atoms with Gasteiger partial charge in [-0.05, 0) is 31.2 Å². The molecule has 0 saturated carbocycles. The van der Waals surface area contributed by atoms with Crippen LogP contribution in [0.4, 0.5) is 0 Å². The van der Waals surface area contributed by atoms with Crippen LogP contribution in [0.25, 0.3) is 10.9 Å². The van der Waals surface area contributed by atoms with Gasteiger partial charge in [0, 0.05) is 5.39 Å². The molecule has 5 nitrogen and oxygen atoms in total. The van der Waals surface area contributed by atoms with Gasteiger partial charge in [0.1, 0.15) is 16.4 Å². The molecule has 96 valence electrons. The van der Waals surface area contributed by atoms with Crippen LogP contribution in [0.1, 0.15) is 6.92 Å². The van der Waals surface area contributed by atoms with Gasteiger partial charge in [0.2, 0.25) is 10.0 Å². The highest BCUT2D eigenvalue weighted by Crippen LogP contribution is 2.30. The summed E-state index contributed by atoms with van der Waals surface area (Å²) < 4.78 is 28.3. The topological polar surface area (TPSA) is 82.3 Å². The standard InChI is InChI=1S/C11H11ClN2O3S/c1-2-17-8-4-5-9(18(13,15)16)7-3-6-10(12)14-11(7)8/h3-6H,2H2,1H3,(H2,13,15,16). The first-order valence-electron chi connectivity index (χ1n) is 5.18. The third kappa shape index (κ3) is 2.40. The number of nitrogens with two attached hydrogens (primary N) is 1. The molecule has 2 aromatic rings. The lowest BCUT2D eigenvalue weighted by Crippen LogP contribution is -2.13. The number of hydrogen-bond acceptors (Lipinski definition) is 4. The number of ether oxygens (including phenoxy) is 1. The van der Waals surface area contributed by atoms with Crippen molar-refractivity contribution in [3.63, 3.8) is 0 Å². The van der Waals surface area contributed by atoms with Crippen LogP contribution in [0, 0.1) is 0 Å². The first-order chi connectivity index (χ1) is 8.43. The van der Waals surface area contributed by atoms with E-state index >= 15 is 0 Å². The molecule has 18 heavy (non-hydrogen) atoms. The van der Waals surface area contributed by atoms with Crippen molar-refractivity contribution in [2.75, 3.05) is 6.61 Å². The molecule has 0 saturated heterocycles. The van der Waals surface area contributed by atoms with E-state index < -0.39 is 10.0 Å². The molecule has 0 aliphatic carbocycles. The summed E-state index contributed by atoms with van der Waals surface area (Å²) >= 11 is 5.81. The minimum absolute atomic E-state index is 0.00474. The quantitative estimate of drug-likeness (QED) is 0.874. The molecule has 0 bridgehead atoms. The Kier molecular flexibility index (Phi) is 3.43. The van der Waals surface area contributed by atoms with E-state index in [0.29, 0.717) is 23.3 Å². The van der Waals surface area contributed by atoms with E-state index in [-0.39, 0.29) is 10.0 Å². The molecule has 0 amide bonds. The highest BCUT2D eigenvalue weighted by molar-refractivity contribution is 7.89. The summed E-state index contributed by atoms with van der Waals surface area (Å²) in [5.74, 6) is 0.474. The summed E-state index contributed by atoms with van der Waals surface area (Å²) in [5.41, 5.74) is 0.385. The van der Waals surface area contributed by atoms with Crippen LogP contribution in [0.3, 0.4) is 0 Å². The normalized spacial score (nSPS) is 11.7. The number of nitrogens with zero attached hydrogens (tertiary/aromatic N) is 1. The van der Waals surface area contributed by atoms with Crippen LogP contribution in [0.5, 0.6) is 5.75 Å². The fourth-order valence-electron chi connectivity index (χ4n) is 1.66. The van der Waals surface area contributed by atoms with Crippen molar-refractivity contribution in [1.29, 1.82) is 0 Å². The van der Waals surface area contributed by atoms with E-state index in [1.165, 1.54) is 18.2 Å². The molecule has 1 heterocycles. The predicted octanol–water partition coefficient (Wildman–Crippen LogP) is 1.93. The van der Waals surface area contributed by atoms with Crippen LogP contribution in [-0.4, -0.2) is 20.0 Å². The summed E-state index contributed by atoms with van der Waals surface area (Å²) in [7, 11) is -3.81. The summed E-state index contributed by atoms with van der Waals surface area (Å²) in [6.45, 7) is 2.27. The Morgan fingerprint density at radius 2 is 2.06 bits per heavy atom. The second kappa shape index (κ2) is 4.72. The highest BCUT2D eigenvalue weighted by atomic mass is 35.5. The van der Waals surface area contributed by atoms with Gasteiger partial charge in [0.05, 0.1) is 11.5 Å². The molecule has 2 N–H and O–H groups in total.